The summed E-state index contributed by atoms with van der Waals surface area (Å²) >= 11 is 0. The second kappa shape index (κ2) is 5.87. The van der Waals surface area contributed by atoms with E-state index in [4.69, 9.17) is 0 Å². The van der Waals surface area contributed by atoms with Gasteiger partial charge in [-0.15, -0.1) is 0 Å². The van der Waals surface area contributed by atoms with E-state index in [2.05, 4.69) is 42.3 Å². The summed E-state index contributed by atoms with van der Waals surface area (Å²) in [7, 11) is 0. The number of rotatable bonds is 2. The largest absolute Gasteiger partial charge is 0.309 e. The molecule has 2 aliphatic rings. The Hall–Kier alpha value is -0.860. The molecule has 1 spiro atoms. The number of hydrogen-bond donors (Lipinski definition) is 1. The summed E-state index contributed by atoms with van der Waals surface area (Å²) in [4.78, 5) is 2.66. The minimum atomic E-state index is 0.426. The molecule has 0 unspecified atom stereocenters. The minimum absolute atomic E-state index is 0.426. The molecule has 1 aliphatic carbocycles. The molecule has 20 heavy (non-hydrogen) atoms. The van der Waals surface area contributed by atoms with Crippen LogP contribution >= 0.6 is 0 Å². The maximum absolute atomic E-state index is 3.83. The molecule has 3 rings (SSSR count). The first-order valence-corrected chi connectivity index (χ1v) is 8.20. The van der Waals surface area contributed by atoms with Gasteiger partial charge in [-0.2, -0.15) is 0 Å². The van der Waals surface area contributed by atoms with Gasteiger partial charge in [0.05, 0.1) is 0 Å². The molecule has 1 saturated carbocycles. The van der Waals surface area contributed by atoms with Crippen LogP contribution < -0.4 is 5.32 Å². The molecule has 2 fully saturated rings. The van der Waals surface area contributed by atoms with Crippen LogP contribution in [0.15, 0.2) is 18.2 Å². The molecule has 1 aliphatic heterocycles. The van der Waals surface area contributed by atoms with E-state index in [-0.39, 0.29) is 0 Å². The monoisotopic (exact) mass is 272 g/mol. The molecular weight excluding hydrogens is 244 g/mol. The molecule has 2 nitrogen and oxygen atoms in total. The van der Waals surface area contributed by atoms with E-state index in [1.807, 2.05) is 0 Å². The zero-order valence-corrected chi connectivity index (χ0v) is 13.0. The van der Waals surface area contributed by atoms with Crippen LogP contribution in [0, 0.1) is 13.8 Å². The second-order valence-corrected chi connectivity index (χ2v) is 6.97. The molecule has 1 aromatic rings. The Bertz CT molecular complexity index is 435. The summed E-state index contributed by atoms with van der Waals surface area (Å²) in [5, 5.41) is 3.83. The maximum Gasteiger partial charge on any atom is 0.0309 e. The molecule has 1 saturated heterocycles. The summed E-state index contributed by atoms with van der Waals surface area (Å²) in [5.41, 5.74) is 4.69. The van der Waals surface area contributed by atoms with Crippen molar-refractivity contribution in [2.24, 2.45) is 0 Å². The quantitative estimate of drug-likeness (QED) is 0.887. The smallest absolute Gasteiger partial charge is 0.0309 e. The van der Waals surface area contributed by atoms with Crippen LogP contribution in [0.25, 0.3) is 0 Å². The van der Waals surface area contributed by atoms with Crippen LogP contribution in [0.1, 0.15) is 48.8 Å². The van der Waals surface area contributed by atoms with Crippen molar-refractivity contribution in [1.82, 2.24) is 10.2 Å². The highest BCUT2D eigenvalue weighted by Crippen LogP contribution is 2.31. The van der Waals surface area contributed by atoms with Gasteiger partial charge in [0.15, 0.2) is 0 Å². The molecule has 1 heterocycles. The van der Waals surface area contributed by atoms with E-state index in [0.717, 1.165) is 13.1 Å². The SMILES string of the molecule is Cc1cc(C)cc(CN2CCNC3(CCCCC3)C2)c1. The van der Waals surface area contributed by atoms with Gasteiger partial charge in [0, 0.05) is 31.7 Å². The van der Waals surface area contributed by atoms with E-state index in [9.17, 15) is 0 Å². The van der Waals surface area contributed by atoms with Gasteiger partial charge < -0.3 is 5.32 Å². The van der Waals surface area contributed by atoms with Crippen molar-refractivity contribution in [2.75, 3.05) is 19.6 Å². The Labute approximate surface area is 123 Å². The predicted molar refractivity (Wildman–Crippen MR) is 85.0 cm³/mol. The maximum atomic E-state index is 3.83. The van der Waals surface area contributed by atoms with Gasteiger partial charge >= 0.3 is 0 Å². The molecular formula is C18H28N2. The Morgan fingerprint density at radius 2 is 1.75 bits per heavy atom. The van der Waals surface area contributed by atoms with Crippen molar-refractivity contribution in [3.05, 3.63) is 34.9 Å². The van der Waals surface area contributed by atoms with Gasteiger partial charge in [0.25, 0.3) is 0 Å². The van der Waals surface area contributed by atoms with Crippen molar-refractivity contribution in [1.29, 1.82) is 0 Å². The van der Waals surface area contributed by atoms with Crippen LogP contribution in [0.5, 0.6) is 0 Å². The Morgan fingerprint density at radius 3 is 2.45 bits per heavy atom. The van der Waals surface area contributed by atoms with Crippen molar-refractivity contribution < 1.29 is 0 Å². The molecule has 0 amide bonds. The zero-order valence-electron chi connectivity index (χ0n) is 13.0. The fourth-order valence-corrected chi connectivity index (χ4v) is 4.16. The first kappa shape index (κ1) is 14.1. The van der Waals surface area contributed by atoms with Crippen molar-refractivity contribution in [3.63, 3.8) is 0 Å². The molecule has 1 N–H and O–H groups in total. The van der Waals surface area contributed by atoms with Crippen LogP contribution in [-0.2, 0) is 6.54 Å². The fourth-order valence-electron chi connectivity index (χ4n) is 4.16. The molecule has 0 atom stereocenters. The number of benzene rings is 1. The minimum Gasteiger partial charge on any atom is -0.309 e. The third-order valence-corrected chi connectivity index (χ3v) is 4.95. The number of nitrogens with zero attached hydrogens (tertiary/aromatic N) is 1. The first-order valence-electron chi connectivity index (χ1n) is 8.20. The average Bonchev–Trinajstić information content (AvgIpc) is 2.38. The third kappa shape index (κ3) is 3.24. The summed E-state index contributed by atoms with van der Waals surface area (Å²) in [6, 6.07) is 6.97. The van der Waals surface area contributed by atoms with Crippen molar-refractivity contribution >= 4 is 0 Å². The van der Waals surface area contributed by atoms with Crippen LogP contribution in [-0.4, -0.2) is 30.1 Å². The lowest BCUT2D eigenvalue weighted by molar-refractivity contribution is 0.0945. The first-order chi connectivity index (χ1) is 9.65. The predicted octanol–water partition coefficient (Wildman–Crippen LogP) is 3.41. The summed E-state index contributed by atoms with van der Waals surface area (Å²) in [6.07, 6.45) is 6.99. The Kier molecular flexibility index (Phi) is 4.13. The third-order valence-electron chi connectivity index (χ3n) is 4.95. The lowest BCUT2D eigenvalue weighted by atomic mass is 9.80. The highest BCUT2D eigenvalue weighted by molar-refractivity contribution is 5.28. The van der Waals surface area contributed by atoms with Gasteiger partial charge in [-0.1, -0.05) is 48.6 Å². The molecule has 0 radical (unpaired) electrons. The number of hydrogen-bond acceptors (Lipinski definition) is 2. The van der Waals surface area contributed by atoms with Gasteiger partial charge in [-0.05, 0) is 32.3 Å². The standard InChI is InChI=1S/C18H28N2/c1-15-10-16(2)12-17(11-15)13-20-9-8-19-18(14-20)6-4-3-5-7-18/h10-12,19H,3-9,13-14H2,1-2H3. The molecule has 2 heteroatoms. The van der Waals surface area contributed by atoms with E-state index in [1.54, 1.807) is 0 Å². The van der Waals surface area contributed by atoms with E-state index < -0.39 is 0 Å². The number of piperazine rings is 1. The number of nitrogens with one attached hydrogen (secondary N) is 1. The Balaban J connectivity index is 1.67. The molecule has 110 valence electrons. The van der Waals surface area contributed by atoms with Gasteiger partial charge in [0.1, 0.15) is 0 Å². The van der Waals surface area contributed by atoms with Crippen LogP contribution in [0.2, 0.25) is 0 Å². The molecule has 0 aromatic heterocycles. The fraction of sp³-hybridized carbons (Fsp3) is 0.667. The molecule has 1 aromatic carbocycles. The zero-order chi connectivity index (χ0) is 14.0. The summed E-state index contributed by atoms with van der Waals surface area (Å²) < 4.78 is 0. The highest BCUT2D eigenvalue weighted by Gasteiger charge is 2.35. The van der Waals surface area contributed by atoms with E-state index >= 15 is 0 Å². The van der Waals surface area contributed by atoms with E-state index in [0.29, 0.717) is 5.54 Å². The van der Waals surface area contributed by atoms with E-state index in [1.165, 1.54) is 61.9 Å². The van der Waals surface area contributed by atoms with Gasteiger partial charge in [-0.25, -0.2) is 0 Å². The Morgan fingerprint density at radius 1 is 1.05 bits per heavy atom. The number of aryl methyl sites for hydroxylation is 2. The van der Waals surface area contributed by atoms with Gasteiger partial charge in [0.2, 0.25) is 0 Å². The lowest BCUT2D eigenvalue weighted by Crippen LogP contribution is -2.60. The van der Waals surface area contributed by atoms with Crippen LogP contribution in [0.4, 0.5) is 0 Å². The highest BCUT2D eigenvalue weighted by atomic mass is 15.2. The van der Waals surface area contributed by atoms with Crippen LogP contribution in [0.3, 0.4) is 0 Å². The lowest BCUT2D eigenvalue weighted by Gasteiger charge is -2.46. The van der Waals surface area contributed by atoms with Gasteiger partial charge in [-0.3, -0.25) is 4.90 Å². The normalized spacial score (nSPS) is 23.1. The molecule has 0 bridgehead atoms. The summed E-state index contributed by atoms with van der Waals surface area (Å²) in [6.45, 7) is 9.11. The van der Waals surface area contributed by atoms with Crippen molar-refractivity contribution in [3.8, 4) is 0 Å². The summed E-state index contributed by atoms with van der Waals surface area (Å²) in [5.74, 6) is 0. The second-order valence-electron chi connectivity index (χ2n) is 6.97. The topological polar surface area (TPSA) is 15.3 Å². The van der Waals surface area contributed by atoms with Crippen molar-refractivity contribution in [2.45, 2.75) is 58.0 Å². The average molecular weight is 272 g/mol.